The van der Waals surface area contributed by atoms with Gasteiger partial charge in [0, 0.05) is 41.7 Å². The van der Waals surface area contributed by atoms with Crippen LogP contribution in [-0.4, -0.2) is 30.1 Å². The van der Waals surface area contributed by atoms with Crippen molar-refractivity contribution in [2.24, 2.45) is 0 Å². The molecular weight excluding hydrogens is 212 g/mol. The van der Waals surface area contributed by atoms with Crippen molar-refractivity contribution in [1.82, 2.24) is 9.88 Å². The molecule has 1 N–H and O–H groups in total. The fraction of sp³-hybridized carbons (Fsp3) is 0.429. The van der Waals surface area contributed by atoms with Gasteiger partial charge in [-0.2, -0.15) is 0 Å². The Balaban J connectivity index is 2.10. The van der Waals surface area contributed by atoms with Gasteiger partial charge in [-0.1, -0.05) is 0 Å². The van der Waals surface area contributed by atoms with E-state index in [1.165, 1.54) is 22.0 Å². The van der Waals surface area contributed by atoms with E-state index in [-0.39, 0.29) is 0 Å². The zero-order valence-electron chi connectivity index (χ0n) is 9.99. The molecule has 2 aromatic rings. The SMILES string of the molecule is CN1CCc2c[nH]c3ccc4c(c23)C1CCO4. The van der Waals surface area contributed by atoms with E-state index in [0.29, 0.717) is 6.04 Å². The Hall–Kier alpha value is -1.48. The van der Waals surface area contributed by atoms with Crippen LogP contribution in [0.15, 0.2) is 18.3 Å². The summed E-state index contributed by atoms with van der Waals surface area (Å²) in [7, 11) is 2.23. The van der Waals surface area contributed by atoms with Crippen LogP contribution in [0.5, 0.6) is 5.75 Å². The molecule has 17 heavy (non-hydrogen) atoms. The van der Waals surface area contributed by atoms with Crippen molar-refractivity contribution in [3.63, 3.8) is 0 Å². The highest BCUT2D eigenvalue weighted by Gasteiger charge is 2.30. The Morgan fingerprint density at radius 3 is 3.29 bits per heavy atom. The van der Waals surface area contributed by atoms with Gasteiger partial charge in [0.1, 0.15) is 5.75 Å². The van der Waals surface area contributed by atoms with Gasteiger partial charge in [0.15, 0.2) is 0 Å². The minimum absolute atomic E-state index is 0.527. The number of rotatable bonds is 0. The number of hydrogen-bond acceptors (Lipinski definition) is 2. The zero-order chi connectivity index (χ0) is 11.4. The molecular formula is C14H16N2O. The van der Waals surface area contributed by atoms with Crippen LogP contribution in [0.2, 0.25) is 0 Å². The number of benzene rings is 1. The second kappa shape index (κ2) is 3.26. The van der Waals surface area contributed by atoms with E-state index in [1.54, 1.807) is 0 Å². The number of ether oxygens (including phenoxy) is 1. The monoisotopic (exact) mass is 228 g/mol. The highest BCUT2D eigenvalue weighted by Crippen LogP contribution is 2.43. The Bertz CT molecular complexity index is 587. The van der Waals surface area contributed by atoms with Crippen molar-refractivity contribution in [3.8, 4) is 5.75 Å². The summed E-state index contributed by atoms with van der Waals surface area (Å²) < 4.78 is 5.82. The summed E-state index contributed by atoms with van der Waals surface area (Å²) in [6, 6.07) is 4.79. The number of nitrogens with one attached hydrogen (secondary N) is 1. The molecule has 2 aliphatic heterocycles. The number of likely N-dealkylation sites (N-methyl/N-ethyl adjacent to an activating group) is 1. The highest BCUT2D eigenvalue weighted by molar-refractivity contribution is 5.89. The average Bonchev–Trinajstić information content (AvgIpc) is 2.72. The molecule has 0 amide bonds. The van der Waals surface area contributed by atoms with E-state index in [0.717, 1.165) is 31.7 Å². The van der Waals surface area contributed by atoms with Crippen LogP contribution in [0.4, 0.5) is 0 Å². The fourth-order valence-electron chi connectivity index (χ4n) is 3.28. The molecule has 1 aromatic carbocycles. The van der Waals surface area contributed by atoms with Crippen LogP contribution >= 0.6 is 0 Å². The summed E-state index contributed by atoms with van der Waals surface area (Å²) in [5.41, 5.74) is 4.10. The van der Waals surface area contributed by atoms with E-state index in [1.807, 2.05) is 0 Å². The van der Waals surface area contributed by atoms with Crippen molar-refractivity contribution in [3.05, 3.63) is 29.5 Å². The summed E-state index contributed by atoms with van der Waals surface area (Å²) in [5.74, 6) is 1.09. The summed E-state index contributed by atoms with van der Waals surface area (Å²) in [4.78, 5) is 5.86. The first-order chi connectivity index (χ1) is 8.34. The van der Waals surface area contributed by atoms with E-state index in [9.17, 15) is 0 Å². The highest BCUT2D eigenvalue weighted by atomic mass is 16.5. The molecule has 0 fully saturated rings. The molecule has 3 heteroatoms. The summed E-state index contributed by atoms with van der Waals surface area (Å²) >= 11 is 0. The molecule has 3 heterocycles. The first-order valence-electron chi connectivity index (χ1n) is 6.30. The summed E-state index contributed by atoms with van der Waals surface area (Å²) in [6.07, 6.45) is 4.40. The van der Waals surface area contributed by atoms with Gasteiger partial charge < -0.3 is 9.72 Å². The topological polar surface area (TPSA) is 28.3 Å². The lowest BCUT2D eigenvalue weighted by Crippen LogP contribution is -2.29. The average molecular weight is 228 g/mol. The van der Waals surface area contributed by atoms with Crippen LogP contribution in [0, 0.1) is 0 Å². The minimum atomic E-state index is 0.527. The van der Waals surface area contributed by atoms with Crippen LogP contribution in [0.3, 0.4) is 0 Å². The number of H-pyrrole nitrogens is 1. The molecule has 0 saturated carbocycles. The van der Waals surface area contributed by atoms with E-state index >= 15 is 0 Å². The number of aromatic nitrogens is 1. The van der Waals surface area contributed by atoms with Crippen molar-refractivity contribution in [2.45, 2.75) is 18.9 Å². The molecule has 0 bridgehead atoms. The fourth-order valence-corrected chi connectivity index (χ4v) is 3.28. The smallest absolute Gasteiger partial charge is 0.124 e. The molecule has 0 radical (unpaired) electrons. The largest absolute Gasteiger partial charge is 0.493 e. The van der Waals surface area contributed by atoms with Crippen LogP contribution in [-0.2, 0) is 6.42 Å². The maximum absolute atomic E-state index is 5.82. The molecule has 4 rings (SSSR count). The minimum Gasteiger partial charge on any atom is -0.493 e. The molecule has 88 valence electrons. The number of nitrogens with zero attached hydrogens (tertiary/aromatic N) is 1. The molecule has 3 nitrogen and oxygen atoms in total. The zero-order valence-corrected chi connectivity index (χ0v) is 9.99. The van der Waals surface area contributed by atoms with E-state index in [4.69, 9.17) is 4.74 Å². The quantitative estimate of drug-likeness (QED) is 0.750. The van der Waals surface area contributed by atoms with Crippen LogP contribution in [0.1, 0.15) is 23.6 Å². The van der Waals surface area contributed by atoms with E-state index < -0.39 is 0 Å². The molecule has 0 saturated heterocycles. The maximum atomic E-state index is 5.82. The van der Waals surface area contributed by atoms with Gasteiger partial charge in [0.25, 0.3) is 0 Å². The Morgan fingerprint density at radius 2 is 2.35 bits per heavy atom. The van der Waals surface area contributed by atoms with Gasteiger partial charge in [-0.25, -0.2) is 0 Å². The Labute approximate surface area is 100 Å². The third-order valence-electron chi connectivity index (χ3n) is 4.18. The van der Waals surface area contributed by atoms with Crippen molar-refractivity contribution in [2.75, 3.05) is 20.2 Å². The maximum Gasteiger partial charge on any atom is 0.124 e. The first kappa shape index (κ1) is 9.54. The third kappa shape index (κ3) is 1.20. The van der Waals surface area contributed by atoms with Gasteiger partial charge >= 0.3 is 0 Å². The van der Waals surface area contributed by atoms with Crippen molar-refractivity contribution < 1.29 is 4.74 Å². The van der Waals surface area contributed by atoms with Crippen LogP contribution < -0.4 is 4.74 Å². The predicted octanol–water partition coefficient (Wildman–Crippen LogP) is 2.48. The van der Waals surface area contributed by atoms with Crippen molar-refractivity contribution in [1.29, 1.82) is 0 Å². The standard InChI is InChI=1S/C14H16N2O/c1-16-6-4-9-8-15-10-2-3-12-14(13(9)10)11(16)5-7-17-12/h2-3,8,11,15H,4-7H2,1H3. The third-order valence-corrected chi connectivity index (χ3v) is 4.18. The normalized spacial score (nSPS) is 23.5. The second-order valence-corrected chi connectivity index (χ2v) is 5.10. The molecule has 0 spiro atoms. The number of hydrogen-bond donors (Lipinski definition) is 1. The predicted molar refractivity (Wildman–Crippen MR) is 67.5 cm³/mol. The Morgan fingerprint density at radius 1 is 1.41 bits per heavy atom. The van der Waals surface area contributed by atoms with Gasteiger partial charge in [-0.3, -0.25) is 4.90 Å². The van der Waals surface area contributed by atoms with Crippen LogP contribution in [0.25, 0.3) is 10.9 Å². The van der Waals surface area contributed by atoms with Crippen molar-refractivity contribution >= 4 is 10.9 Å². The molecule has 0 aliphatic carbocycles. The molecule has 1 unspecified atom stereocenters. The van der Waals surface area contributed by atoms with Gasteiger partial charge in [-0.05, 0) is 31.2 Å². The number of aromatic amines is 1. The van der Waals surface area contributed by atoms with Gasteiger partial charge in [0.2, 0.25) is 0 Å². The molecule has 1 aromatic heterocycles. The van der Waals surface area contributed by atoms with Gasteiger partial charge in [0.05, 0.1) is 6.61 Å². The van der Waals surface area contributed by atoms with Gasteiger partial charge in [-0.15, -0.1) is 0 Å². The molecule has 2 aliphatic rings. The Kier molecular flexibility index (Phi) is 1.83. The molecule has 1 atom stereocenters. The lowest BCUT2D eigenvalue weighted by molar-refractivity contribution is 0.171. The first-order valence-corrected chi connectivity index (χ1v) is 6.30. The lowest BCUT2D eigenvalue weighted by Gasteiger charge is -2.32. The lowest BCUT2D eigenvalue weighted by atomic mass is 9.95. The van der Waals surface area contributed by atoms with E-state index in [2.05, 4.69) is 35.3 Å². The summed E-state index contributed by atoms with van der Waals surface area (Å²) in [6.45, 7) is 1.97. The summed E-state index contributed by atoms with van der Waals surface area (Å²) in [5, 5.41) is 1.41. The second-order valence-electron chi connectivity index (χ2n) is 5.10.